The lowest BCUT2D eigenvalue weighted by Crippen LogP contribution is -2.46. The van der Waals surface area contributed by atoms with Gasteiger partial charge >= 0.3 is 5.97 Å². The van der Waals surface area contributed by atoms with E-state index >= 15 is 0 Å². The van der Waals surface area contributed by atoms with E-state index in [2.05, 4.69) is 20.8 Å². The Morgan fingerprint density at radius 2 is 1.89 bits per heavy atom. The van der Waals surface area contributed by atoms with Gasteiger partial charge in [0.05, 0.1) is 0 Å². The second-order valence-electron chi connectivity index (χ2n) is 7.82. The summed E-state index contributed by atoms with van der Waals surface area (Å²) < 4.78 is 5.62. The molecule has 1 saturated carbocycles. The van der Waals surface area contributed by atoms with Gasteiger partial charge in [-0.25, -0.2) is 0 Å². The van der Waals surface area contributed by atoms with E-state index in [0.717, 1.165) is 12.8 Å². The van der Waals surface area contributed by atoms with Gasteiger partial charge in [-0.05, 0) is 36.0 Å². The lowest BCUT2D eigenvalue weighted by molar-refractivity contribution is -0.157. The number of ether oxygens (including phenoxy) is 1. The maximum absolute atomic E-state index is 12.0. The first-order valence-corrected chi connectivity index (χ1v) is 6.97. The molecule has 0 heterocycles. The summed E-state index contributed by atoms with van der Waals surface area (Å²) in [5.41, 5.74) is 5.95. The van der Waals surface area contributed by atoms with Gasteiger partial charge in [0, 0.05) is 0 Å². The highest BCUT2D eigenvalue weighted by Crippen LogP contribution is 2.39. The van der Waals surface area contributed by atoms with Crippen molar-refractivity contribution < 1.29 is 9.53 Å². The van der Waals surface area contributed by atoms with Crippen LogP contribution in [-0.2, 0) is 9.53 Å². The van der Waals surface area contributed by atoms with Crippen LogP contribution in [0.2, 0.25) is 0 Å². The smallest absolute Gasteiger partial charge is 0.323 e. The van der Waals surface area contributed by atoms with Crippen molar-refractivity contribution in [2.45, 2.75) is 73.0 Å². The van der Waals surface area contributed by atoms with E-state index in [1.54, 1.807) is 0 Å². The number of esters is 1. The minimum atomic E-state index is -0.544. The van der Waals surface area contributed by atoms with E-state index in [1.165, 1.54) is 6.42 Å². The van der Waals surface area contributed by atoms with Gasteiger partial charge in [-0.3, -0.25) is 4.79 Å². The van der Waals surface area contributed by atoms with Gasteiger partial charge in [-0.1, -0.05) is 41.5 Å². The molecule has 3 atom stereocenters. The highest BCUT2D eigenvalue weighted by atomic mass is 16.5. The molecular weight excluding hydrogens is 226 g/mol. The zero-order valence-electron chi connectivity index (χ0n) is 12.7. The highest BCUT2D eigenvalue weighted by molar-refractivity contribution is 5.76. The lowest BCUT2D eigenvalue weighted by Gasteiger charge is -2.39. The summed E-state index contributed by atoms with van der Waals surface area (Å²) in [4.78, 5) is 12.0. The van der Waals surface area contributed by atoms with Crippen LogP contribution in [0.15, 0.2) is 0 Å². The molecule has 3 heteroatoms. The van der Waals surface area contributed by atoms with Gasteiger partial charge in [-0.2, -0.15) is 0 Å². The molecule has 0 aromatic rings. The topological polar surface area (TPSA) is 52.3 Å². The first kappa shape index (κ1) is 15.5. The van der Waals surface area contributed by atoms with E-state index in [-0.39, 0.29) is 22.9 Å². The standard InChI is InChI=1S/C15H29NO2/c1-10-7-11(9-15(5,6)8-10)18-13(17)12(16)14(2,3)4/h10-12H,7-9,16H2,1-6H3. The average molecular weight is 255 g/mol. The quantitative estimate of drug-likeness (QED) is 0.771. The fourth-order valence-corrected chi connectivity index (χ4v) is 2.94. The zero-order chi connectivity index (χ0) is 14.1. The Hall–Kier alpha value is -0.570. The minimum absolute atomic E-state index is 0.0321. The van der Waals surface area contributed by atoms with Crippen LogP contribution in [0.4, 0.5) is 0 Å². The Balaban J connectivity index is 2.60. The first-order valence-electron chi connectivity index (χ1n) is 6.97. The largest absolute Gasteiger partial charge is 0.461 e. The van der Waals surface area contributed by atoms with Crippen LogP contribution >= 0.6 is 0 Å². The van der Waals surface area contributed by atoms with Crippen molar-refractivity contribution in [1.82, 2.24) is 0 Å². The van der Waals surface area contributed by atoms with Crippen LogP contribution in [-0.4, -0.2) is 18.1 Å². The van der Waals surface area contributed by atoms with E-state index < -0.39 is 6.04 Å². The minimum Gasteiger partial charge on any atom is -0.461 e. The molecule has 0 bridgehead atoms. The van der Waals surface area contributed by atoms with Gasteiger partial charge in [0.1, 0.15) is 12.1 Å². The van der Waals surface area contributed by atoms with Gasteiger partial charge in [0.15, 0.2) is 0 Å². The molecule has 0 saturated heterocycles. The fraction of sp³-hybridized carbons (Fsp3) is 0.933. The molecule has 0 aromatic carbocycles. The van der Waals surface area contributed by atoms with Crippen molar-refractivity contribution in [3.8, 4) is 0 Å². The maximum atomic E-state index is 12.0. The number of nitrogens with two attached hydrogens (primary N) is 1. The summed E-state index contributed by atoms with van der Waals surface area (Å²) >= 11 is 0. The highest BCUT2D eigenvalue weighted by Gasteiger charge is 2.36. The third kappa shape index (κ3) is 4.27. The summed E-state index contributed by atoms with van der Waals surface area (Å²) in [6.45, 7) is 12.6. The van der Waals surface area contributed by atoms with Crippen molar-refractivity contribution in [3.63, 3.8) is 0 Å². The number of hydrogen-bond donors (Lipinski definition) is 1. The molecule has 0 aliphatic heterocycles. The van der Waals surface area contributed by atoms with Crippen LogP contribution in [0.5, 0.6) is 0 Å². The van der Waals surface area contributed by atoms with Gasteiger partial charge in [0.2, 0.25) is 0 Å². The summed E-state index contributed by atoms with van der Waals surface area (Å²) in [5, 5.41) is 0. The van der Waals surface area contributed by atoms with Crippen molar-refractivity contribution in [3.05, 3.63) is 0 Å². The summed E-state index contributed by atoms with van der Waals surface area (Å²) in [5.74, 6) is 0.356. The Morgan fingerprint density at radius 3 is 2.33 bits per heavy atom. The zero-order valence-corrected chi connectivity index (χ0v) is 12.7. The lowest BCUT2D eigenvalue weighted by atomic mass is 9.71. The van der Waals surface area contributed by atoms with Crippen molar-refractivity contribution in [1.29, 1.82) is 0 Å². The van der Waals surface area contributed by atoms with Crippen LogP contribution in [0.25, 0.3) is 0 Å². The monoisotopic (exact) mass is 255 g/mol. The van der Waals surface area contributed by atoms with Crippen LogP contribution in [0.1, 0.15) is 60.8 Å². The Morgan fingerprint density at radius 1 is 1.33 bits per heavy atom. The molecule has 1 aliphatic rings. The van der Waals surface area contributed by atoms with E-state index in [0.29, 0.717) is 5.92 Å². The number of hydrogen-bond acceptors (Lipinski definition) is 3. The van der Waals surface area contributed by atoms with Crippen LogP contribution in [0.3, 0.4) is 0 Å². The second kappa shape index (κ2) is 5.20. The van der Waals surface area contributed by atoms with Gasteiger partial charge < -0.3 is 10.5 Å². The predicted octanol–water partition coefficient (Wildman–Crippen LogP) is 3.12. The Bertz CT molecular complexity index is 304. The Kier molecular flexibility index (Phi) is 4.47. The van der Waals surface area contributed by atoms with E-state index in [4.69, 9.17) is 10.5 Å². The number of rotatable bonds is 2. The number of carbonyl (C=O) groups is 1. The molecule has 0 spiro atoms. The molecule has 3 nitrogen and oxygen atoms in total. The molecule has 1 fully saturated rings. The van der Waals surface area contributed by atoms with Crippen molar-refractivity contribution in [2.75, 3.05) is 0 Å². The van der Waals surface area contributed by atoms with E-state index in [9.17, 15) is 4.79 Å². The average Bonchev–Trinajstić information content (AvgIpc) is 2.11. The second-order valence-corrected chi connectivity index (χ2v) is 7.82. The van der Waals surface area contributed by atoms with Crippen molar-refractivity contribution >= 4 is 5.97 Å². The number of carbonyl (C=O) groups excluding carboxylic acids is 1. The molecule has 1 rings (SSSR count). The molecule has 18 heavy (non-hydrogen) atoms. The van der Waals surface area contributed by atoms with Crippen LogP contribution < -0.4 is 5.73 Å². The molecule has 3 unspecified atom stereocenters. The van der Waals surface area contributed by atoms with E-state index in [1.807, 2.05) is 20.8 Å². The summed E-state index contributed by atoms with van der Waals surface area (Å²) in [7, 11) is 0. The SMILES string of the molecule is CC1CC(OC(=O)C(N)C(C)(C)C)CC(C)(C)C1. The fourth-order valence-electron chi connectivity index (χ4n) is 2.94. The molecule has 1 aliphatic carbocycles. The van der Waals surface area contributed by atoms with Crippen LogP contribution in [0, 0.1) is 16.7 Å². The molecular formula is C15H29NO2. The van der Waals surface area contributed by atoms with Gasteiger partial charge in [-0.15, -0.1) is 0 Å². The first-order chi connectivity index (χ1) is 8.01. The molecule has 0 aromatic heterocycles. The molecule has 106 valence electrons. The third-order valence-corrected chi connectivity index (χ3v) is 3.82. The molecule has 2 N–H and O–H groups in total. The predicted molar refractivity (Wildman–Crippen MR) is 74.1 cm³/mol. The van der Waals surface area contributed by atoms with Crippen molar-refractivity contribution in [2.24, 2.45) is 22.5 Å². The summed E-state index contributed by atoms with van der Waals surface area (Å²) in [6.07, 6.45) is 3.14. The summed E-state index contributed by atoms with van der Waals surface area (Å²) in [6, 6.07) is -0.544. The molecule has 0 radical (unpaired) electrons. The normalized spacial score (nSPS) is 29.7. The Labute approximate surface area is 111 Å². The van der Waals surface area contributed by atoms with Gasteiger partial charge in [0.25, 0.3) is 0 Å². The maximum Gasteiger partial charge on any atom is 0.323 e. The third-order valence-electron chi connectivity index (χ3n) is 3.82. The molecule has 0 amide bonds.